The summed E-state index contributed by atoms with van der Waals surface area (Å²) in [5.41, 5.74) is 10.3. The lowest BCUT2D eigenvalue weighted by Gasteiger charge is -2.07. The zero-order chi connectivity index (χ0) is 18.4. The first kappa shape index (κ1) is 18.5. The van der Waals surface area contributed by atoms with Crippen LogP contribution in [0.15, 0.2) is 53.7 Å². The van der Waals surface area contributed by atoms with Gasteiger partial charge in [-0.05, 0) is 37.0 Å². The third-order valence-corrected chi connectivity index (χ3v) is 4.66. The van der Waals surface area contributed by atoms with Gasteiger partial charge >= 0.3 is 0 Å². The summed E-state index contributed by atoms with van der Waals surface area (Å²) in [4.78, 5) is 4.48. The van der Waals surface area contributed by atoms with Crippen LogP contribution in [-0.2, 0) is 0 Å². The number of rotatable bonds is 6. The molecule has 1 aliphatic rings. The minimum atomic E-state index is 0.433. The highest BCUT2D eigenvalue weighted by Crippen LogP contribution is 2.31. The Hall–Kier alpha value is -2.33. The molecule has 0 amide bonds. The summed E-state index contributed by atoms with van der Waals surface area (Å²) >= 11 is 6.04. The summed E-state index contributed by atoms with van der Waals surface area (Å²) in [6.07, 6.45) is 14.1. The molecule has 26 heavy (non-hydrogen) atoms. The third kappa shape index (κ3) is 4.44. The molecule has 3 rings (SSSR count). The van der Waals surface area contributed by atoms with Crippen LogP contribution in [0.5, 0.6) is 0 Å². The first-order valence-electron chi connectivity index (χ1n) is 9.22. The SMILES string of the molecule is CCCCCN=C(N)n1cc(C2=CCCC=C2)c(-c2ccc(Cl)cc2)n1. The first-order chi connectivity index (χ1) is 12.7. The van der Waals surface area contributed by atoms with Crippen molar-refractivity contribution in [2.75, 3.05) is 6.54 Å². The molecule has 0 fully saturated rings. The van der Waals surface area contributed by atoms with E-state index >= 15 is 0 Å². The summed E-state index contributed by atoms with van der Waals surface area (Å²) in [6, 6.07) is 7.74. The summed E-state index contributed by atoms with van der Waals surface area (Å²) in [5, 5.41) is 5.44. The molecule has 0 bridgehead atoms. The predicted molar refractivity (Wildman–Crippen MR) is 110 cm³/mol. The molecule has 2 aromatic rings. The van der Waals surface area contributed by atoms with E-state index in [0.29, 0.717) is 11.0 Å². The van der Waals surface area contributed by atoms with Crippen LogP contribution in [0, 0.1) is 0 Å². The monoisotopic (exact) mass is 368 g/mol. The Balaban J connectivity index is 1.96. The quantitative estimate of drug-likeness (QED) is 0.428. The average Bonchev–Trinajstić information content (AvgIpc) is 3.12. The molecule has 0 saturated carbocycles. The second-order valence-electron chi connectivity index (χ2n) is 6.43. The zero-order valence-corrected chi connectivity index (χ0v) is 15.9. The van der Waals surface area contributed by atoms with Gasteiger partial charge in [0.05, 0.1) is 0 Å². The van der Waals surface area contributed by atoms with Gasteiger partial charge in [0, 0.05) is 28.9 Å². The number of nitrogens with zero attached hydrogens (tertiary/aromatic N) is 3. The molecule has 4 nitrogen and oxygen atoms in total. The topological polar surface area (TPSA) is 56.2 Å². The van der Waals surface area contributed by atoms with Gasteiger partial charge in [0.25, 0.3) is 0 Å². The summed E-state index contributed by atoms with van der Waals surface area (Å²) in [6.45, 7) is 2.91. The molecule has 0 spiro atoms. The molecule has 5 heteroatoms. The van der Waals surface area contributed by atoms with Crippen molar-refractivity contribution < 1.29 is 0 Å². The maximum Gasteiger partial charge on any atom is 0.216 e. The lowest BCUT2D eigenvalue weighted by molar-refractivity contribution is 0.723. The largest absolute Gasteiger partial charge is 0.368 e. The minimum absolute atomic E-state index is 0.433. The standard InChI is InChI=1S/C21H25ClN4/c1-2-3-7-14-24-21(23)26-15-19(16-8-5-4-6-9-16)20(25-26)17-10-12-18(22)13-11-17/h5,8-13,15H,2-4,6-7,14H2,1H3,(H2,23,24). The average molecular weight is 369 g/mol. The van der Waals surface area contributed by atoms with Gasteiger partial charge in [-0.1, -0.05) is 61.7 Å². The smallest absolute Gasteiger partial charge is 0.216 e. The van der Waals surface area contributed by atoms with Crippen molar-refractivity contribution in [1.29, 1.82) is 0 Å². The number of aliphatic imine (C=N–C) groups is 1. The fraction of sp³-hybridized carbons (Fsp3) is 0.333. The molecule has 136 valence electrons. The molecule has 0 atom stereocenters. The molecule has 0 unspecified atom stereocenters. The lowest BCUT2D eigenvalue weighted by atomic mass is 9.97. The second kappa shape index (κ2) is 8.86. The van der Waals surface area contributed by atoms with Crippen molar-refractivity contribution in [2.24, 2.45) is 10.7 Å². The molecule has 1 heterocycles. The maximum atomic E-state index is 6.18. The molecule has 0 aliphatic heterocycles. The van der Waals surface area contributed by atoms with Crippen molar-refractivity contribution in [3.8, 4) is 11.3 Å². The van der Waals surface area contributed by atoms with Crippen molar-refractivity contribution in [3.05, 3.63) is 59.3 Å². The van der Waals surface area contributed by atoms with E-state index in [1.165, 1.54) is 12.0 Å². The highest BCUT2D eigenvalue weighted by atomic mass is 35.5. The van der Waals surface area contributed by atoms with E-state index in [-0.39, 0.29) is 0 Å². The molecule has 1 aliphatic carbocycles. The first-order valence-corrected chi connectivity index (χ1v) is 9.60. The zero-order valence-electron chi connectivity index (χ0n) is 15.2. The Labute approximate surface area is 160 Å². The molecule has 1 aromatic heterocycles. The predicted octanol–water partition coefficient (Wildman–Crippen LogP) is 5.29. The van der Waals surface area contributed by atoms with Gasteiger partial charge in [-0.3, -0.25) is 4.99 Å². The van der Waals surface area contributed by atoms with Gasteiger partial charge in [-0.15, -0.1) is 0 Å². The van der Waals surface area contributed by atoms with Crippen LogP contribution in [0.4, 0.5) is 0 Å². The van der Waals surface area contributed by atoms with Crippen molar-refractivity contribution in [2.45, 2.75) is 39.0 Å². The fourth-order valence-corrected chi connectivity index (χ4v) is 3.09. The van der Waals surface area contributed by atoms with Crippen molar-refractivity contribution >= 4 is 23.1 Å². The molecule has 0 radical (unpaired) electrons. The van der Waals surface area contributed by atoms with Gasteiger partial charge in [-0.2, -0.15) is 5.10 Å². The van der Waals surface area contributed by atoms with Crippen LogP contribution in [0.1, 0.15) is 44.6 Å². The number of hydrogen-bond donors (Lipinski definition) is 1. The van der Waals surface area contributed by atoms with Crippen LogP contribution in [0.2, 0.25) is 5.02 Å². The number of unbranched alkanes of at least 4 members (excludes halogenated alkanes) is 2. The van der Waals surface area contributed by atoms with E-state index in [0.717, 1.165) is 49.0 Å². The molecular weight excluding hydrogens is 344 g/mol. The molecule has 1 aromatic carbocycles. The number of nitrogens with two attached hydrogens (primary N) is 1. The molecule has 0 saturated heterocycles. The van der Waals surface area contributed by atoms with Gasteiger partial charge < -0.3 is 5.73 Å². The van der Waals surface area contributed by atoms with Crippen LogP contribution in [-0.4, -0.2) is 22.3 Å². The summed E-state index contributed by atoms with van der Waals surface area (Å²) in [7, 11) is 0. The minimum Gasteiger partial charge on any atom is -0.368 e. The second-order valence-corrected chi connectivity index (χ2v) is 6.87. The Morgan fingerprint density at radius 2 is 2.04 bits per heavy atom. The van der Waals surface area contributed by atoms with Gasteiger partial charge in [0.1, 0.15) is 5.69 Å². The number of aromatic nitrogens is 2. The van der Waals surface area contributed by atoms with Crippen molar-refractivity contribution in [1.82, 2.24) is 9.78 Å². The lowest BCUT2D eigenvalue weighted by Crippen LogP contribution is -2.23. The van der Waals surface area contributed by atoms with Gasteiger partial charge in [-0.25, -0.2) is 4.68 Å². The van der Waals surface area contributed by atoms with E-state index < -0.39 is 0 Å². The number of allylic oxidation sites excluding steroid dienone is 4. The van der Waals surface area contributed by atoms with Gasteiger partial charge in [0.2, 0.25) is 5.96 Å². The fourth-order valence-electron chi connectivity index (χ4n) is 2.96. The van der Waals surface area contributed by atoms with Crippen molar-refractivity contribution in [3.63, 3.8) is 0 Å². The summed E-state index contributed by atoms with van der Waals surface area (Å²) < 4.78 is 1.69. The number of hydrogen-bond acceptors (Lipinski definition) is 2. The Morgan fingerprint density at radius 3 is 2.73 bits per heavy atom. The Morgan fingerprint density at radius 1 is 1.23 bits per heavy atom. The molecular formula is C21H25ClN4. The van der Waals surface area contributed by atoms with E-state index in [9.17, 15) is 0 Å². The highest BCUT2D eigenvalue weighted by Gasteiger charge is 2.16. The normalized spacial score (nSPS) is 14.5. The van der Waals surface area contributed by atoms with Crippen LogP contribution in [0.25, 0.3) is 16.8 Å². The summed E-state index contributed by atoms with van der Waals surface area (Å²) in [5.74, 6) is 0.433. The Kier molecular flexibility index (Phi) is 6.29. The van der Waals surface area contributed by atoms with E-state index in [1.807, 2.05) is 30.5 Å². The highest BCUT2D eigenvalue weighted by molar-refractivity contribution is 6.30. The van der Waals surface area contributed by atoms with Gasteiger partial charge in [0.15, 0.2) is 0 Å². The van der Waals surface area contributed by atoms with E-state index in [4.69, 9.17) is 22.4 Å². The van der Waals surface area contributed by atoms with E-state index in [1.54, 1.807) is 4.68 Å². The van der Waals surface area contributed by atoms with Crippen LogP contribution in [0.3, 0.4) is 0 Å². The van der Waals surface area contributed by atoms with Crippen LogP contribution >= 0.6 is 11.6 Å². The maximum absolute atomic E-state index is 6.18. The third-order valence-electron chi connectivity index (χ3n) is 4.41. The number of benzene rings is 1. The van der Waals surface area contributed by atoms with E-state index in [2.05, 4.69) is 30.1 Å². The molecule has 2 N–H and O–H groups in total. The Bertz CT molecular complexity index is 828. The van der Waals surface area contributed by atoms with Crippen LogP contribution < -0.4 is 5.73 Å². The number of halogens is 1.